The number of halogens is 1. The summed E-state index contributed by atoms with van der Waals surface area (Å²) in [6.45, 7) is 4.98. The number of benzene rings is 3. The zero-order chi connectivity index (χ0) is 22.5. The first-order valence-electron chi connectivity index (χ1n) is 10.3. The fraction of sp³-hybridized carbons (Fsp3) is 0.208. The minimum absolute atomic E-state index is 0.167. The minimum atomic E-state index is -0.345. The van der Waals surface area contributed by atoms with E-state index >= 15 is 0 Å². The summed E-state index contributed by atoms with van der Waals surface area (Å²) < 4.78 is 21.0. The van der Waals surface area contributed by atoms with Crippen molar-refractivity contribution in [1.82, 2.24) is 14.8 Å². The van der Waals surface area contributed by atoms with Crippen molar-refractivity contribution < 1.29 is 13.9 Å². The highest BCUT2D eigenvalue weighted by molar-refractivity contribution is 7.99. The third kappa shape index (κ3) is 4.91. The number of ether oxygens (including phenoxy) is 1. The second-order valence-corrected chi connectivity index (χ2v) is 8.13. The van der Waals surface area contributed by atoms with Crippen molar-refractivity contribution in [2.45, 2.75) is 32.2 Å². The van der Waals surface area contributed by atoms with Crippen LogP contribution in [0.25, 0.3) is 10.8 Å². The lowest BCUT2D eigenvalue weighted by Crippen LogP contribution is -2.15. The molecule has 0 bridgehead atoms. The Kier molecular flexibility index (Phi) is 6.70. The monoisotopic (exact) mass is 450 g/mol. The molecule has 8 heteroatoms. The molecular formula is C24H23FN4O2S. The highest BCUT2D eigenvalue weighted by atomic mass is 32.2. The molecule has 0 saturated carbocycles. The lowest BCUT2D eigenvalue weighted by atomic mass is 10.0. The van der Waals surface area contributed by atoms with Crippen LogP contribution in [0.4, 0.5) is 10.1 Å². The van der Waals surface area contributed by atoms with E-state index in [2.05, 4.69) is 27.6 Å². The van der Waals surface area contributed by atoms with E-state index in [1.54, 1.807) is 0 Å². The quantitative estimate of drug-likeness (QED) is 0.373. The summed E-state index contributed by atoms with van der Waals surface area (Å²) in [6.07, 6.45) is 0. The van der Waals surface area contributed by atoms with Crippen LogP contribution < -0.4 is 10.1 Å². The number of hydrogen-bond donors (Lipinski definition) is 1. The zero-order valence-electron chi connectivity index (χ0n) is 17.8. The second-order valence-electron chi connectivity index (χ2n) is 7.19. The van der Waals surface area contributed by atoms with Crippen molar-refractivity contribution in [3.05, 3.63) is 77.9 Å². The summed E-state index contributed by atoms with van der Waals surface area (Å²) in [5.41, 5.74) is 1.63. The molecule has 0 aliphatic carbocycles. The summed E-state index contributed by atoms with van der Waals surface area (Å²) in [5.74, 6) is 1.13. The maximum absolute atomic E-state index is 13.0. The van der Waals surface area contributed by atoms with E-state index in [1.165, 1.54) is 41.4 Å². The molecule has 1 amide bonds. The van der Waals surface area contributed by atoms with E-state index in [9.17, 15) is 9.18 Å². The average Bonchev–Trinajstić information content (AvgIpc) is 3.21. The van der Waals surface area contributed by atoms with Gasteiger partial charge in [-0.1, -0.05) is 42.1 Å². The van der Waals surface area contributed by atoms with Gasteiger partial charge in [0.05, 0.1) is 5.75 Å². The molecule has 1 aromatic heterocycles. The number of rotatable bonds is 8. The number of hydrogen-bond acceptors (Lipinski definition) is 5. The molecule has 0 saturated heterocycles. The average molecular weight is 451 g/mol. The largest absolute Gasteiger partial charge is 0.485 e. The summed E-state index contributed by atoms with van der Waals surface area (Å²) in [5, 5.41) is 14.2. The lowest BCUT2D eigenvalue weighted by Gasteiger charge is -2.12. The normalized spacial score (nSPS) is 11.0. The molecule has 164 valence electrons. The number of carbonyl (C=O) groups is 1. The van der Waals surface area contributed by atoms with Crippen LogP contribution in [0.15, 0.2) is 65.8 Å². The van der Waals surface area contributed by atoms with Crippen LogP contribution >= 0.6 is 11.8 Å². The molecule has 0 fully saturated rings. The fourth-order valence-electron chi connectivity index (χ4n) is 3.42. The maximum atomic E-state index is 13.0. The molecular weight excluding hydrogens is 427 g/mol. The third-order valence-corrected chi connectivity index (χ3v) is 6.04. The van der Waals surface area contributed by atoms with Gasteiger partial charge < -0.3 is 14.6 Å². The Bertz CT molecular complexity index is 1240. The number of thioether (sulfide) groups is 1. The van der Waals surface area contributed by atoms with Gasteiger partial charge in [-0.25, -0.2) is 4.39 Å². The third-order valence-electron chi connectivity index (χ3n) is 5.08. The molecule has 4 rings (SSSR count). The Hall–Kier alpha value is -3.39. The van der Waals surface area contributed by atoms with E-state index in [1.807, 2.05) is 42.7 Å². The number of fused-ring (bicyclic) bond motifs is 1. The second kappa shape index (κ2) is 9.82. The Balaban J connectivity index is 1.39. The molecule has 6 nitrogen and oxygen atoms in total. The molecule has 0 radical (unpaired) electrons. The van der Waals surface area contributed by atoms with Crippen LogP contribution in [-0.4, -0.2) is 26.4 Å². The van der Waals surface area contributed by atoms with Crippen molar-refractivity contribution in [3.8, 4) is 5.75 Å². The summed E-state index contributed by atoms with van der Waals surface area (Å²) in [6, 6.07) is 17.9. The van der Waals surface area contributed by atoms with Gasteiger partial charge in [-0.2, -0.15) is 0 Å². The molecule has 0 aliphatic heterocycles. The van der Waals surface area contributed by atoms with Crippen molar-refractivity contribution in [2.75, 3.05) is 11.1 Å². The van der Waals surface area contributed by atoms with Crippen LogP contribution in [0.5, 0.6) is 5.75 Å². The Morgan fingerprint density at radius 1 is 1.09 bits per heavy atom. The van der Waals surface area contributed by atoms with Gasteiger partial charge in [0.2, 0.25) is 5.91 Å². The summed E-state index contributed by atoms with van der Waals surface area (Å²) in [7, 11) is 0. The standard InChI is InChI=1S/C24H23FN4O2S/c1-3-29-22(14-31-21-13-8-17-6-4-5-7-20(17)16(21)2)27-28-24(29)32-15-23(30)26-19-11-9-18(25)10-12-19/h4-13H,3,14-15H2,1-2H3,(H,26,30). The number of aromatic nitrogens is 3. The van der Waals surface area contributed by atoms with Crippen LogP contribution in [-0.2, 0) is 17.9 Å². The highest BCUT2D eigenvalue weighted by Gasteiger charge is 2.15. The number of nitrogens with one attached hydrogen (secondary N) is 1. The Labute approximate surface area is 189 Å². The smallest absolute Gasteiger partial charge is 0.234 e. The number of nitrogens with zero attached hydrogens (tertiary/aromatic N) is 3. The fourth-order valence-corrected chi connectivity index (χ4v) is 4.24. The molecule has 1 N–H and O–H groups in total. The predicted octanol–water partition coefficient (Wildman–Crippen LogP) is 5.21. The SMILES string of the molecule is CCn1c(COc2ccc3ccccc3c2C)nnc1SCC(=O)Nc1ccc(F)cc1. The first kappa shape index (κ1) is 21.8. The van der Waals surface area contributed by atoms with Gasteiger partial charge in [0.25, 0.3) is 0 Å². The van der Waals surface area contributed by atoms with Crippen molar-refractivity contribution in [2.24, 2.45) is 0 Å². The summed E-state index contributed by atoms with van der Waals surface area (Å²) >= 11 is 1.30. The Morgan fingerprint density at radius 2 is 1.88 bits per heavy atom. The van der Waals surface area contributed by atoms with Gasteiger partial charge in [0.1, 0.15) is 18.2 Å². The van der Waals surface area contributed by atoms with Crippen molar-refractivity contribution >= 4 is 34.1 Å². The lowest BCUT2D eigenvalue weighted by molar-refractivity contribution is -0.113. The topological polar surface area (TPSA) is 69.0 Å². The van der Waals surface area contributed by atoms with E-state index in [-0.39, 0.29) is 24.1 Å². The maximum Gasteiger partial charge on any atom is 0.234 e. The molecule has 0 atom stereocenters. The van der Waals surface area contributed by atoms with Crippen molar-refractivity contribution in [3.63, 3.8) is 0 Å². The number of amides is 1. The molecule has 4 aromatic rings. The zero-order valence-corrected chi connectivity index (χ0v) is 18.7. The molecule has 0 aliphatic rings. The molecule has 1 heterocycles. The Morgan fingerprint density at radius 3 is 2.66 bits per heavy atom. The van der Waals surface area contributed by atoms with E-state index in [0.717, 1.165) is 16.7 Å². The van der Waals surface area contributed by atoms with Gasteiger partial charge in [-0.3, -0.25) is 4.79 Å². The minimum Gasteiger partial charge on any atom is -0.485 e. The summed E-state index contributed by atoms with van der Waals surface area (Å²) in [4.78, 5) is 12.2. The predicted molar refractivity (Wildman–Crippen MR) is 124 cm³/mol. The number of carbonyl (C=O) groups excluding carboxylic acids is 1. The van der Waals surface area contributed by atoms with Gasteiger partial charge in [0.15, 0.2) is 11.0 Å². The van der Waals surface area contributed by atoms with E-state index in [4.69, 9.17) is 4.74 Å². The number of anilines is 1. The van der Waals surface area contributed by atoms with Crippen LogP contribution in [0, 0.1) is 12.7 Å². The number of aryl methyl sites for hydroxylation is 1. The first-order chi connectivity index (χ1) is 15.5. The first-order valence-corrected chi connectivity index (χ1v) is 11.2. The molecule has 32 heavy (non-hydrogen) atoms. The van der Waals surface area contributed by atoms with E-state index in [0.29, 0.717) is 23.2 Å². The van der Waals surface area contributed by atoms with Gasteiger partial charge in [0, 0.05) is 12.2 Å². The highest BCUT2D eigenvalue weighted by Crippen LogP contribution is 2.28. The van der Waals surface area contributed by atoms with Gasteiger partial charge in [-0.05, 0) is 60.5 Å². The molecule has 0 unspecified atom stereocenters. The van der Waals surface area contributed by atoms with Crippen LogP contribution in [0.1, 0.15) is 18.3 Å². The molecule has 0 spiro atoms. The molecule has 3 aromatic carbocycles. The van der Waals surface area contributed by atoms with Gasteiger partial charge in [-0.15, -0.1) is 10.2 Å². The van der Waals surface area contributed by atoms with E-state index < -0.39 is 0 Å². The van der Waals surface area contributed by atoms with Crippen LogP contribution in [0.3, 0.4) is 0 Å². The van der Waals surface area contributed by atoms with Gasteiger partial charge >= 0.3 is 0 Å². The van der Waals surface area contributed by atoms with Crippen LogP contribution in [0.2, 0.25) is 0 Å². The van der Waals surface area contributed by atoms with Crippen molar-refractivity contribution in [1.29, 1.82) is 0 Å².